The molecule has 1 nitrogen and oxygen atoms in total. The summed E-state index contributed by atoms with van der Waals surface area (Å²) in [5, 5.41) is 8.01. The highest BCUT2D eigenvalue weighted by Gasteiger charge is 2.29. The van der Waals surface area contributed by atoms with Gasteiger partial charge in [0, 0.05) is 9.85 Å². The van der Waals surface area contributed by atoms with Crippen molar-refractivity contribution in [3.8, 4) is 0 Å². The van der Waals surface area contributed by atoms with E-state index in [-0.39, 0.29) is 0 Å². The third-order valence-electron chi connectivity index (χ3n) is 3.36. The summed E-state index contributed by atoms with van der Waals surface area (Å²) in [7, 11) is 0. The van der Waals surface area contributed by atoms with E-state index in [2.05, 4.69) is 38.9 Å². The van der Waals surface area contributed by atoms with E-state index in [0.717, 1.165) is 18.4 Å². The summed E-state index contributed by atoms with van der Waals surface area (Å²) < 4.78 is 1.32. The van der Waals surface area contributed by atoms with Gasteiger partial charge >= 0.3 is 0 Å². The van der Waals surface area contributed by atoms with Gasteiger partial charge in [0.2, 0.25) is 0 Å². The second kappa shape index (κ2) is 5.46. The maximum Gasteiger partial charge on any atom is 0.0317 e. The van der Waals surface area contributed by atoms with Gasteiger partial charge in [0.25, 0.3) is 0 Å². The molecule has 0 bridgehead atoms. The average molecular weight is 288 g/mol. The number of nitrogens with one attached hydrogen (secondary N) is 1. The molecule has 1 fully saturated rings. The Kier molecular flexibility index (Phi) is 4.23. The average Bonchev–Trinajstić information content (AvgIpc) is 2.82. The van der Waals surface area contributed by atoms with Gasteiger partial charge in [-0.3, -0.25) is 0 Å². The SMILES string of the molecule is CCNCC1CCCC1c1cscc1Br. The lowest BCUT2D eigenvalue weighted by Gasteiger charge is -2.19. The Morgan fingerprint density at radius 2 is 2.33 bits per heavy atom. The monoisotopic (exact) mass is 287 g/mol. The molecule has 1 saturated carbocycles. The van der Waals surface area contributed by atoms with Crippen LogP contribution in [0.4, 0.5) is 0 Å². The maximum atomic E-state index is 3.66. The normalized spacial score (nSPS) is 26.0. The molecule has 15 heavy (non-hydrogen) atoms. The van der Waals surface area contributed by atoms with E-state index in [0.29, 0.717) is 0 Å². The molecule has 0 spiro atoms. The summed E-state index contributed by atoms with van der Waals surface area (Å²) in [6, 6.07) is 0. The molecule has 1 N–H and O–H groups in total. The van der Waals surface area contributed by atoms with Crippen molar-refractivity contribution >= 4 is 27.3 Å². The van der Waals surface area contributed by atoms with E-state index in [1.165, 1.54) is 30.3 Å². The van der Waals surface area contributed by atoms with Gasteiger partial charge in [0.05, 0.1) is 0 Å². The molecule has 84 valence electrons. The topological polar surface area (TPSA) is 12.0 Å². The predicted molar refractivity (Wildman–Crippen MR) is 70.6 cm³/mol. The minimum atomic E-state index is 0.782. The smallest absolute Gasteiger partial charge is 0.0317 e. The molecule has 2 unspecified atom stereocenters. The molecule has 1 aliphatic rings. The molecule has 2 rings (SSSR count). The molecule has 0 saturated heterocycles. The van der Waals surface area contributed by atoms with E-state index in [1.807, 2.05) is 11.3 Å². The lowest BCUT2D eigenvalue weighted by molar-refractivity contribution is 0.450. The number of hydrogen-bond acceptors (Lipinski definition) is 2. The Bertz CT molecular complexity index is 310. The van der Waals surface area contributed by atoms with Crippen molar-refractivity contribution in [1.82, 2.24) is 5.32 Å². The van der Waals surface area contributed by atoms with Crippen molar-refractivity contribution in [3.05, 3.63) is 20.8 Å². The molecule has 1 aliphatic carbocycles. The third kappa shape index (κ3) is 2.63. The van der Waals surface area contributed by atoms with E-state index in [1.54, 1.807) is 5.56 Å². The molecule has 1 heterocycles. The van der Waals surface area contributed by atoms with Gasteiger partial charge in [0.15, 0.2) is 0 Å². The van der Waals surface area contributed by atoms with Crippen molar-refractivity contribution < 1.29 is 0 Å². The summed E-state index contributed by atoms with van der Waals surface area (Å²) in [6.45, 7) is 4.46. The zero-order valence-corrected chi connectivity index (χ0v) is 11.5. The molecule has 1 aromatic heterocycles. The zero-order valence-electron chi connectivity index (χ0n) is 9.13. The van der Waals surface area contributed by atoms with Gasteiger partial charge in [-0.05, 0) is 64.6 Å². The summed E-state index contributed by atoms with van der Waals surface area (Å²) in [5.41, 5.74) is 1.54. The fraction of sp³-hybridized carbons (Fsp3) is 0.667. The van der Waals surface area contributed by atoms with Crippen LogP contribution in [0.2, 0.25) is 0 Å². The van der Waals surface area contributed by atoms with Gasteiger partial charge in [-0.2, -0.15) is 11.3 Å². The summed E-state index contributed by atoms with van der Waals surface area (Å²) in [4.78, 5) is 0. The highest BCUT2D eigenvalue weighted by Crippen LogP contribution is 2.43. The number of halogens is 1. The van der Waals surface area contributed by atoms with E-state index in [9.17, 15) is 0 Å². The van der Waals surface area contributed by atoms with Crippen LogP contribution in [0.5, 0.6) is 0 Å². The first-order valence-electron chi connectivity index (χ1n) is 5.75. The fourth-order valence-corrected chi connectivity index (χ4v) is 4.23. The van der Waals surface area contributed by atoms with Gasteiger partial charge in [-0.1, -0.05) is 13.3 Å². The first kappa shape index (κ1) is 11.6. The van der Waals surface area contributed by atoms with Crippen molar-refractivity contribution in [2.24, 2.45) is 5.92 Å². The lowest BCUT2D eigenvalue weighted by atomic mass is 9.91. The molecule has 3 heteroatoms. The predicted octanol–water partition coefficient (Wildman–Crippen LogP) is 4.00. The van der Waals surface area contributed by atoms with Crippen molar-refractivity contribution in [2.75, 3.05) is 13.1 Å². The maximum absolute atomic E-state index is 3.66. The van der Waals surface area contributed by atoms with E-state index in [4.69, 9.17) is 0 Å². The standard InChI is InChI=1S/C12H18BrNS/c1-2-14-6-9-4-3-5-10(9)11-7-15-8-12(11)13/h7-10,14H,2-6H2,1H3. The molecule has 0 radical (unpaired) electrons. The molecule has 0 amide bonds. The highest BCUT2D eigenvalue weighted by molar-refractivity contribution is 9.10. The van der Waals surface area contributed by atoms with Crippen LogP contribution in [0.15, 0.2) is 15.2 Å². The number of rotatable bonds is 4. The van der Waals surface area contributed by atoms with Gasteiger partial charge in [-0.15, -0.1) is 0 Å². The van der Waals surface area contributed by atoms with Crippen molar-refractivity contribution in [2.45, 2.75) is 32.1 Å². The van der Waals surface area contributed by atoms with Crippen LogP contribution in [-0.4, -0.2) is 13.1 Å². The van der Waals surface area contributed by atoms with Crippen LogP contribution >= 0.6 is 27.3 Å². The molecule has 0 aliphatic heterocycles. The van der Waals surface area contributed by atoms with Gasteiger partial charge < -0.3 is 5.32 Å². The van der Waals surface area contributed by atoms with Crippen molar-refractivity contribution in [1.29, 1.82) is 0 Å². The Balaban J connectivity index is 2.04. The molecular formula is C12H18BrNS. The Morgan fingerprint density at radius 1 is 1.47 bits per heavy atom. The Morgan fingerprint density at radius 3 is 3.00 bits per heavy atom. The largest absolute Gasteiger partial charge is 0.317 e. The van der Waals surface area contributed by atoms with Crippen LogP contribution in [0, 0.1) is 5.92 Å². The Labute approximate surface area is 104 Å². The van der Waals surface area contributed by atoms with E-state index < -0.39 is 0 Å². The number of hydrogen-bond donors (Lipinski definition) is 1. The Hall–Kier alpha value is 0.140. The minimum Gasteiger partial charge on any atom is -0.317 e. The lowest BCUT2D eigenvalue weighted by Crippen LogP contribution is -2.24. The van der Waals surface area contributed by atoms with Crippen LogP contribution in [0.25, 0.3) is 0 Å². The van der Waals surface area contributed by atoms with E-state index >= 15 is 0 Å². The molecular weight excluding hydrogens is 270 g/mol. The highest BCUT2D eigenvalue weighted by atomic mass is 79.9. The number of thiophene rings is 1. The summed E-state index contributed by atoms with van der Waals surface area (Å²) >= 11 is 5.47. The van der Waals surface area contributed by atoms with Crippen LogP contribution < -0.4 is 5.32 Å². The second-order valence-electron chi connectivity index (χ2n) is 4.28. The molecule has 0 aromatic carbocycles. The van der Waals surface area contributed by atoms with Crippen LogP contribution in [-0.2, 0) is 0 Å². The molecule has 2 atom stereocenters. The minimum absolute atomic E-state index is 0.782. The summed E-state index contributed by atoms with van der Waals surface area (Å²) in [5.74, 6) is 1.63. The van der Waals surface area contributed by atoms with Gasteiger partial charge in [0.1, 0.15) is 0 Å². The van der Waals surface area contributed by atoms with Crippen LogP contribution in [0.1, 0.15) is 37.7 Å². The summed E-state index contributed by atoms with van der Waals surface area (Å²) in [6.07, 6.45) is 4.15. The quantitative estimate of drug-likeness (QED) is 0.883. The third-order valence-corrected chi connectivity index (χ3v) is 5.11. The fourth-order valence-electron chi connectivity index (χ4n) is 2.58. The zero-order chi connectivity index (χ0) is 10.7. The van der Waals surface area contributed by atoms with Gasteiger partial charge in [-0.25, -0.2) is 0 Å². The molecule has 1 aromatic rings. The first-order chi connectivity index (χ1) is 7.33. The van der Waals surface area contributed by atoms with Crippen molar-refractivity contribution in [3.63, 3.8) is 0 Å². The van der Waals surface area contributed by atoms with Crippen LogP contribution in [0.3, 0.4) is 0 Å². The first-order valence-corrected chi connectivity index (χ1v) is 7.48. The second-order valence-corrected chi connectivity index (χ2v) is 5.88.